The molecule has 20 rings (SSSR count). The van der Waals surface area contributed by atoms with Gasteiger partial charge in [-0.1, -0.05) is 72.3 Å². The average Bonchev–Trinajstić information content (AvgIpc) is 1.60. The maximum atomic E-state index is 9.31. The summed E-state index contributed by atoms with van der Waals surface area (Å²) in [6.07, 6.45) is 10.1. The highest BCUT2D eigenvalue weighted by Gasteiger charge is 2.36. The van der Waals surface area contributed by atoms with Crippen molar-refractivity contribution in [3.63, 3.8) is 0 Å². The van der Waals surface area contributed by atoms with Crippen molar-refractivity contribution >= 4 is 94.3 Å². The van der Waals surface area contributed by atoms with Gasteiger partial charge in [0.1, 0.15) is 56.0 Å². The summed E-state index contributed by atoms with van der Waals surface area (Å²) in [6.45, 7) is 69.6. The van der Waals surface area contributed by atoms with E-state index in [0.29, 0.717) is 56.5 Å². The number of fused-ring (bicyclic) bond motifs is 25. The summed E-state index contributed by atoms with van der Waals surface area (Å²) in [4.78, 5) is 24.4. The number of nitriles is 3. The van der Waals surface area contributed by atoms with Crippen LogP contribution in [0.25, 0.3) is 117 Å². The van der Waals surface area contributed by atoms with E-state index in [1.165, 1.54) is 78.1 Å². The van der Waals surface area contributed by atoms with Gasteiger partial charge in [-0.2, -0.15) is 15.8 Å². The molecular formula is C87H59N20+5. The van der Waals surface area contributed by atoms with E-state index in [0.717, 1.165) is 104 Å². The Morgan fingerprint density at radius 3 is 1.23 bits per heavy atom. The summed E-state index contributed by atoms with van der Waals surface area (Å²) < 4.78 is 21.3. The van der Waals surface area contributed by atoms with E-state index in [1.807, 2.05) is 73.2 Å². The minimum Gasteiger partial charge on any atom is -0.250 e. The molecule has 5 aliphatic rings. The molecule has 20 heteroatoms. The maximum Gasteiger partial charge on any atom is 0.205 e. The third-order valence-corrected chi connectivity index (χ3v) is 20.8. The van der Waals surface area contributed by atoms with Crippen molar-refractivity contribution in [2.45, 2.75) is 81.2 Å². The first kappa shape index (κ1) is 66.0. The Balaban J connectivity index is 0.000000102. The fourth-order valence-corrected chi connectivity index (χ4v) is 15.7. The average molecular weight is 1380 g/mol. The van der Waals surface area contributed by atoms with Crippen LogP contribution in [0.15, 0.2) is 171 Å². The number of benzene rings is 10. The van der Waals surface area contributed by atoms with Crippen molar-refractivity contribution in [2.24, 2.45) is 0 Å². The van der Waals surface area contributed by atoms with Crippen molar-refractivity contribution in [3.8, 4) is 46.6 Å². The van der Waals surface area contributed by atoms with Crippen LogP contribution in [0.5, 0.6) is 0 Å². The number of nitrogens with zero attached hydrogens (tertiary/aromatic N) is 20. The van der Waals surface area contributed by atoms with Crippen LogP contribution in [0.4, 0.5) is 39.8 Å². The summed E-state index contributed by atoms with van der Waals surface area (Å²) >= 11 is 0. The standard InChI is InChI=1S/C19H15N4.C18H13N4.2C17H11N4.C16H9N4/c1-11-6-12(2)19-15(13(11)3)10-22-9-14-7-16(20-4)17(21-5)8-18(14)23(19)22;1-11-5-6-12(2)18-14(11)10-21-9-13-7-15(19-3)16(20-4)8-17(13)22(18)21;1-11-3-4-16-13(5-11)9-20-10-15-12(8-18)6-14(19-2)7-17(15)21(16)20;1-11-3-4-12-9-20-10-15-13(8-18)6-14(19-2)7-17(15)21(20)16(12)5-11;1-18-13-6-12(8-17)14-10-19-9-11-4-2-3-5-15(11)20(19)16(14)7-13/h6-9H,10H2,1-3H3;5-9H,10H2,1-2H3;2*3-7,10H,9H2,1H3;2-7,10H,9H2/q5*+1. The number of hydrogen-bond donors (Lipinski definition) is 0. The molecule has 0 amide bonds. The lowest BCUT2D eigenvalue weighted by molar-refractivity contribution is -0.749. The van der Waals surface area contributed by atoms with Gasteiger partial charge in [-0.25, -0.2) is 14.5 Å². The van der Waals surface area contributed by atoms with E-state index in [1.54, 1.807) is 18.2 Å². The molecule has 0 fully saturated rings. The van der Waals surface area contributed by atoms with Crippen LogP contribution >= 0.6 is 0 Å². The molecule has 0 saturated carbocycles. The quantitative estimate of drug-likeness (QED) is 0.110. The van der Waals surface area contributed by atoms with E-state index < -0.39 is 0 Å². The zero-order valence-corrected chi connectivity index (χ0v) is 59.1. The van der Waals surface area contributed by atoms with E-state index in [-0.39, 0.29) is 0 Å². The summed E-state index contributed by atoms with van der Waals surface area (Å²) in [6, 6.07) is 51.9. The molecule has 10 aromatic carbocycles. The molecule has 0 spiro atoms. The number of hydrogen-bond acceptors (Lipinski definition) is 3. The molecule has 502 valence electrons. The summed E-state index contributed by atoms with van der Waals surface area (Å²) in [5.74, 6) is 0. The number of para-hydroxylation sites is 1. The predicted octanol–water partition coefficient (Wildman–Crippen LogP) is 17.0. The van der Waals surface area contributed by atoms with Crippen LogP contribution < -0.4 is 23.4 Å². The molecule has 0 aliphatic carbocycles. The topological polar surface area (TPSA) is 146 Å². The lowest BCUT2D eigenvalue weighted by Crippen LogP contribution is -2.36. The number of aryl methyl sites for hydroxylation is 6. The van der Waals surface area contributed by atoms with Crippen LogP contribution in [-0.4, -0.2) is 23.4 Å². The SMILES string of the molecule is [C-]#[N+]c1cc(C#N)c2c[n+]3n(c2c1)-c1cc(C)ccc1C3.[C-]#[N+]c1cc(C#N)c2c[n+]3n(c2c1)-c1ccc(C)cc1C3.[C-]#[N+]c1cc(C#N)c2c[n+]3n(c2c1)-c1ccccc1C3.[C-]#[N+]c1cc2c[n+]3n(c2cc1[N+]#[C-])-c1c(C)cc(C)c(C)c1C3.[C-]#[N+]c1cc2c[n+]3n(c2cc1[N+]#[C-])-c1c(C)ccc(C)c1C3. The van der Waals surface area contributed by atoms with E-state index in [4.69, 9.17) is 46.0 Å². The van der Waals surface area contributed by atoms with E-state index in [9.17, 15) is 15.8 Å². The van der Waals surface area contributed by atoms with Crippen molar-refractivity contribution in [3.05, 3.63) is 334 Å². The van der Waals surface area contributed by atoms with Crippen molar-refractivity contribution < 1.29 is 23.4 Å². The number of aromatic nitrogens is 10. The van der Waals surface area contributed by atoms with E-state index >= 15 is 0 Å². The van der Waals surface area contributed by atoms with Crippen LogP contribution in [0.1, 0.15) is 83.5 Å². The molecule has 5 aromatic heterocycles. The van der Waals surface area contributed by atoms with E-state index in [2.05, 4.69) is 227 Å². The summed E-state index contributed by atoms with van der Waals surface area (Å²) in [7, 11) is 0. The van der Waals surface area contributed by atoms with Gasteiger partial charge in [0.25, 0.3) is 0 Å². The highest BCUT2D eigenvalue weighted by Crippen LogP contribution is 2.41. The van der Waals surface area contributed by atoms with Crippen LogP contribution in [-0.2, 0) is 32.7 Å². The molecule has 10 heterocycles. The Hall–Kier alpha value is -15.6. The Bertz CT molecular complexity index is 7020. The molecule has 15 aromatic rings. The zero-order valence-electron chi connectivity index (χ0n) is 59.1. The van der Waals surface area contributed by atoms with Gasteiger partial charge >= 0.3 is 0 Å². The third kappa shape index (κ3) is 10.6. The van der Waals surface area contributed by atoms with Crippen molar-refractivity contribution in [1.82, 2.24) is 23.4 Å². The minimum absolute atomic E-state index is 0.419. The normalized spacial score (nSPS) is 11.8. The first-order chi connectivity index (χ1) is 51.9. The Labute approximate surface area is 615 Å². The molecule has 107 heavy (non-hydrogen) atoms. The molecule has 20 nitrogen and oxygen atoms in total. The van der Waals surface area contributed by atoms with Crippen LogP contribution in [0.2, 0.25) is 0 Å². The Morgan fingerprint density at radius 2 is 0.738 bits per heavy atom. The monoisotopic (exact) mass is 1380 g/mol. The smallest absolute Gasteiger partial charge is 0.205 e. The summed E-state index contributed by atoms with van der Waals surface area (Å²) in [5.41, 5.74) is 30.7. The van der Waals surface area contributed by atoms with Gasteiger partial charge < -0.3 is 0 Å². The second-order valence-corrected chi connectivity index (χ2v) is 27.3. The molecule has 0 N–H and O–H groups in total. The minimum atomic E-state index is 0.419. The second-order valence-electron chi connectivity index (χ2n) is 27.3. The zero-order chi connectivity index (χ0) is 74.5. The fraction of sp³-hybridized carbons (Fsp3) is 0.138. The maximum absolute atomic E-state index is 9.31. The molecule has 0 atom stereocenters. The second kappa shape index (κ2) is 25.5. The first-order valence-corrected chi connectivity index (χ1v) is 34.2. The molecule has 0 bridgehead atoms. The third-order valence-electron chi connectivity index (χ3n) is 20.8. The van der Waals surface area contributed by atoms with Crippen LogP contribution in [0, 0.1) is 128 Å². The predicted molar refractivity (Wildman–Crippen MR) is 404 cm³/mol. The largest absolute Gasteiger partial charge is 0.250 e. The highest BCUT2D eigenvalue weighted by atomic mass is 15.4. The molecule has 0 saturated heterocycles. The molecule has 0 unspecified atom stereocenters. The van der Waals surface area contributed by atoms with Gasteiger partial charge in [0.05, 0.1) is 119 Å². The van der Waals surface area contributed by atoms with Crippen molar-refractivity contribution in [1.29, 1.82) is 15.8 Å². The van der Waals surface area contributed by atoms with Gasteiger partial charge in [0.15, 0.2) is 72.5 Å². The molecular weight excluding hydrogens is 1330 g/mol. The lowest BCUT2D eigenvalue weighted by atomic mass is 9.98. The molecule has 0 radical (unpaired) electrons. The fourth-order valence-electron chi connectivity index (χ4n) is 15.7. The lowest BCUT2D eigenvalue weighted by Gasteiger charge is -2.08. The Morgan fingerprint density at radius 1 is 0.327 bits per heavy atom. The van der Waals surface area contributed by atoms with Gasteiger partial charge in [0, 0.05) is 16.7 Å². The van der Waals surface area contributed by atoms with Gasteiger partial charge in [-0.05, 0) is 155 Å². The van der Waals surface area contributed by atoms with Gasteiger partial charge in [-0.15, -0.1) is 46.8 Å². The van der Waals surface area contributed by atoms with Crippen molar-refractivity contribution in [2.75, 3.05) is 0 Å². The van der Waals surface area contributed by atoms with Crippen LogP contribution in [0.3, 0.4) is 0 Å². The summed E-state index contributed by atoms with van der Waals surface area (Å²) in [5, 5.41) is 32.6. The molecule has 5 aliphatic heterocycles. The van der Waals surface area contributed by atoms with Gasteiger partial charge in [-0.3, -0.25) is 19.4 Å². The number of rotatable bonds is 0. The van der Waals surface area contributed by atoms with Gasteiger partial charge in [0.2, 0.25) is 31.0 Å². The Kier molecular flexibility index (Phi) is 15.7. The highest BCUT2D eigenvalue weighted by molar-refractivity contribution is 5.94. The first-order valence-electron chi connectivity index (χ1n) is 34.2.